The lowest BCUT2D eigenvalue weighted by molar-refractivity contribution is 0.0984. The quantitative estimate of drug-likeness (QED) is 0.398. The molecule has 0 fully saturated rings. The molecule has 4 rings (SSSR count). The summed E-state index contributed by atoms with van der Waals surface area (Å²) in [6.45, 7) is 8.71. The fourth-order valence-corrected chi connectivity index (χ4v) is 4.68. The van der Waals surface area contributed by atoms with Gasteiger partial charge < -0.3 is 0 Å². The number of benzene rings is 3. The predicted octanol–water partition coefficient (Wildman–Crippen LogP) is 6.38. The molecule has 0 radical (unpaired) electrons. The standard InChI is InChI=1S/C25H24N2OS/c1-16-10-11-21(18(3)12-16)24(28)27(15-20-8-6-5-7-9-20)25-26-22-14-17(2)13-19(4)23(22)29-25/h5-14H,15H2,1-4H3. The van der Waals surface area contributed by atoms with Gasteiger partial charge in [0.05, 0.1) is 16.8 Å². The minimum absolute atomic E-state index is 0.0141. The number of carbonyl (C=O) groups excluding carboxylic acids is 1. The average Bonchev–Trinajstić information content (AvgIpc) is 3.10. The molecule has 1 amide bonds. The van der Waals surface area contributed by atoms with Gasteiger partial charge in [0, 0.05) is 5.56 Å². The van der Waals surface area contributed by atoms with Gasteiger partial charge in [-0.3, -0.25) is 9.69 Å². The number of aromatic nitrogens is 1. The molecule has 4 heteroatoms. The van der Waals surface area contributed by atoms with Gasteiger partial charge in [0.1, 0.15) is 0 Å². The van der Waals surface area contributed by atoms with Crippen LogP contribution in [0, 0.1) is 27.7 Å². The van der Waals surface area contributed by atoms with Gasteiger partial charge in [0.25, 0.3) is 5.91 Å². The number of amides is 1. The third-order valence-corrected chi connectivity index (χ3v) is 6.31. The highest BCUT2D eigenvalue weighted by atomic mass is 32.1. The van der Waals surface area contributed by atoms with Crippen LogP contribution in [0.25, 0.3) is 10.2 Å². The molecule has 0 saturated heterocycles. The van der Waals surface area contributed by atoms with Crippen molar-refractivity contribution in [3.8, 4) is 0 Å². The van der Waals surface area contributed by atoms with Gasteiger partial charge in [-0.2, -0.15) is 0 Å². The SMILES string of the molecule is Cc1ccc(C(=O)N(Cc2ccccc2)c2nc3cc(C)cc(C)c3s2)c(C)c1. The normalized spacial score (nSPS) is 11.0. The first-order valence-electron chi connectivity index (χ1n) is 9.73. The summed E-state index contributed by atoms with van der Waals surface area (Å²) in [6.07, 6.45) is 0. The van der Waals surface area contributed by atoms with Gasteiger partial charge in [0.2, 0.25) is 0 Å². The van der Waals surface area contributed by atoms with E-state index < -0.39 is 0 Å². The molecule has 0 aliphatic carbocycles. The van der Waals surface area contributed by atoms with E-state index in [2.05, 4.69) is 32.0 Å². The lowest BCUT2D eigenvalue weighted by Gasteiger charge is -2.21. The van der Waals surface area contributed by atoms with Gasteiger partial charge in [-0.1, -0.05) is 65.4 Å². The molecule has 0 aliphatic rings. The minimum Gasteiger partial charge on any atom is -0.279 e. The van der Waals surface area contributed by atoms with Crippen LogP contribution >= 0.6 is 11.3 Å². The topological polar surface area (TPSA) is 33.2 Å². The highest BCUT2D eigenvalue weighted by Gasteiger charge is 2.23. The van der Waals surface area contributed by atoms with Crippen molar-refractivity contribution in [2.75, 3.05) is 4.90 Å². The number of hydrogen-bond acceptors (Lipinski definition) is 3. The molecule has 1 heterocycles. The maximum Gasteiger partial charge on any atom is 0.260 e. The van der Waals surface area contributed by atoms with E-state index in [0.29, 0.717) is 6.54 Å². The van der Waals surface area contributed by atoms with Crippen molar-refractivity contribution in [2.45, 2.75) is 34.2 Å². The number of anilines is 1. The van der Waals surface area contributed by atoms with Gasteiger partial charge >= 0.3 is 0 Å². The van der Waals surface area contributed by atoms with E-state index in [-0.39, 0.29) is 5.91 Å². The Bertz CT molecular complexity index is 1190. The number of hydrogen-bond donors (Lipinski definition) is 0. The molecule has 0 spiro atoms. The van der Waals surface area contributed by atoms with Crippen molar-refractivity contribution in [1.82, 2.24) is 4.98 Å². The molecular weight excluding hydrogens is 376 g/mol. The van der Waals surface area contributed by atoms with Crippen LogP contribution in [-0.4, -0.2) is 10.9 Å². The van der Waals surface area contributed by atoms with Crippen LogP contribution < -0.4 is 4.90 Å². The molecule has 4 aromatic rings. The van der Waals surface area contributed by atoms with E-state index in [1.165, 1.54) is 11.1 Å². The molecule has 146 valence electrons. The maximum atomic E-state index is 13.6. The summed E-state index contributed by atoms with van der Waals surface area (Å²) in [4.78, 5) is 20.3. The van der Waals surface area contributed by atoms with E-state index in [1.807, 2.05) is 61.2 Å². The Balaban J connectivity index is 1.82. The van der Waals surface area contributed by atoms with E-state index in [9.17, 15) is 4.79 Å². The molecular formula is C25H24N2OS. The van der Waals surface area contributed by atoms with E-state index in [0.717, 1.165) is 37.6 Å². The predicted molar refractivity (Wildman–Crippen MR) is 122 cm³/mol. The van der Waals surface area contributed by atoms with Gasteiger partial charge in [-0.25, -0.2) is 4.98 Å². The molecule has 0 N–H and O–H groups in total. The van der Waals surface area contributed by atoms with Crippen molar-refractivity contribution in [3.63, 3.8) is 0 Å². The zero-order chi connectivity index (χ0) is 20.5. The van der Waals surface area contributed by atoms with Crippen LogP contribution in [0.4, 0.5) is 5.13 Å². The maximum absolute atomic E-state index is 13.6. The number of thiazole rings is 1. The number of nitrogens with zero attached hydrogens (tertiary/aromatic N) is 2. The number of carbonyl (C=O) groups is 1. The van der Waals surface area contributed by atoms with Gasteiger partial charge in [-0.15, -0.1) is 0 Å². The van der Waals surface area contributed by atoms with Crippen LogP contribution in [0.15, 0.2) is 60.7 Å². The Labute approximate surface area is 175 Å². The number of aryl methyl sites for hydroxylation is 4. The van der Waals surface area contributed by atoms with Gasteiger partial charge in [0.15, 0.2) is 5.13 Å². The summed E-state index contributed by atoms with van der Waals surface area (Å²) in [5, 5.41) is 0.738. The second kappa shape index (κ2) is 7.80. The van der Waals surface area contributed by atoms with Crippen molar-refractivity contribution < 1.29 is 4.79 Å². The zero-order valence-electron chi connectivity index (χ0n) is 17.2. The monoisotopic (exact) mass is 400 g/mol. The Morgan fingerprint density at radius 3 is 2.34 bits per heavy atom. The second-order valence-corrected chi connectivity index (χ2v) is 8.60. The van der Waals surface area contributed by atoms with Crippen molar-refractivity contribution in [3.05, 3.63) is 94.0 Å². The fraction of sp³-hybridized carbons (Fsp3) is 0.200. The second-order valence-electron chi connectivity index (χ2n) is 7.62. The molecule has 0 saturated carbocycles. The minimum atomic E-state index is -0.0141. The third kappa shape index (κ3) is 3.94. The molecule has 0 bridgehead atoms. The molecule has 3 nitrogen and oxygen atoms in total. The summed E-state index contributed by atoms with van der Waals surface area (Å²) >= 11 is 1.59. The highest BCUT2D eigenvalue weighted by Crippen LogP contribution is 2.34. The van der Waals surface area contributed by atoms with Crippen LogP contribution in [0.3, 0.4) is 0 Å². The van der Waals surface area contributed by atoms with Crippen LogP contribution in [-0.2, 0) is 6.54 Å². The molecule has 29 heavy (non-hydrogen) atoms. The van der Waals surface area contributed by atoms with Crippen LogP contribution in [0.5, 0.6) is 0 Å². The Morgan fingerprint density at radius 2 is 1.62 bits per heavy atom. The molecule has 1 aromatic heterocycles. The average molecular weight is 401 g/mol. The first-order valence-corrected chi connectivity index (χ1v) is 10.5. The largest absolute Gasteiger partial charge is 0.279 e. The molecule has 0 aliphatic heterocycles. The Morgan fingerprint density at radius 1 is 0.897 bits per heavy atom. The Hall–Kier alpha value is -2.98. The molecule has 0 unspecified atom stereocenters. The fourth-order valence-electron chi connectivity index (χ4n) is 3.67. The van der Waals surface area contributed by atoms with E-state index in [4.69, 9.17) is 4.98 Å². The summed E-state index contributed by atoms with van der Waals surface area (Å²) in [6, 6.07) is 20.3. The summed E-state index contributed by atoms with van der Waals surface area (Å²) in [5.41, 5.74) is 7.27. The lowest BCUT2D eigenvalue weighted by atomic mass is 10.0. The van der Waals surface area contributed by atoms with E-state index in [1.54, 1.807) is 11.3 Å². The smallest absolute Gasteiger partial charge is 0.260 e. The van der Waals surface area contributed by atoms with E-state index >= 15 is 0 Å². The summed E-state index contributed by atoms with van der Waals surface area (Å²) in [7, 11) is 0. The Kier molecular flexibility index (Phi) is 5.20. The third-order valence-electron chi connectivity index (χ3n) is 5.08. The first-order chi connectivity index (χ1) is 13.9. The van der Waals surface area contributed by atoms with Crippen LogP contribution in [0.1, 0.15) is 38.2 Å². The lowest BCUT2D eigenvalue weighted by Crippen LogP contribution is -2.30. The van der Waals surface area contributed by atoms with Crippen molar-refractivity contribution >= 4 is 32.6 Å². The van der Waals surface area contributed by atoms with Crippen molar-refractivity contribution in [1.29, 1.82) is 0 Å². The first kappa shape index (κ1) is 19.3. The zero-order valence-corrected chi connectivity index (χ0v) is 18.0. The number of fused-ring (bicyclic) bond motifs is 1. The molecule has 0 atom stereocenters. The molecule has 3 aromatic carbocycles. The summed E-state index contributed by atoms with van der Waals surface area (Å²) in [5.74, 6) is -0.0141. The highest BCUT2D eigenvalue weighted by molar-refractivity contribution is 7.22. The van der Waals surface area contributed by atoms with Crippen LogP contribution in [0.2, 0.25) is 0 Å². The number of rotatable bonds is 4. The van der Waals surface area contributed by atoms with Gasteiger partial charge in [-0.05, 0) is 62.1 Å². The summed E-state index contributed by atoms with van der Waals surface area (Å²) < 4.78 is 1.14. The van der Waals surface area contributed by atoms with Crippen molar-refractivity contribution in [2.24, 2.45) is 0 Å².